The fraction of sp³-hybridized carbons (Fsp3) is 0.391. The summed E-state index contributed by atoms with van der Waals surface area (Å²) in [5.74, 6) is 0.805. The molecule has 6 heteroatoms. The molecular weight excluding hydrogens is 388 g/mol. The molecule has 0 aliphatic carbocycles. The Bertz CT molecular complexity index is 804. The van der Waals surface area contributed by atoms with Gasteiger partial charge in [0.05, 0.1) is 13.5 Å². The molecule has 5 nitrogen and oxygen atoms in total. The van der Waals surface area contributed by atoms with Crippen LogP contribution in [-0.4, -0.2) is 36.4 Å². The first-order valence-corrected chi connectivity index (χ1v) is 10.1. The van der Waals surface area contributed by atoms with E-state index in [2.05, 4.69) is 5.32 Å². The summed E-state index contributed by atoms with van der Waals surface area (Å²) in [4.78, 5) is 27.4. The van der Waals surface area contributed by atoms with E-state index in [1.807, 2.05) is 50.2 Å². The molecule has 2 aromatic rings. The second kappa shape index (κ2) is 10.9. The molecule has 2 aromatic carbocycles. The van der Waals surface area contributed by atoms with Crippen molar-refractivity contribution in [2.75, 3.05) is 13.7 Å². The Kier molecular flexibility index (Phi) is 8.52. The first kappa shape index (κ1) is 22.8. The van der Waals surface area contributed by atoms with Crippen molar-refractivity contribution in [1.29, 1.82) is 0 Å². The topological polar surface area (TPSA) is 58.6 Å². The van der Waals surface area contributed by atoms with Crippen molar-refractivity contribution in [2.45, 2.75) is 39.8 Å². The lowest BCUT2D eigenvalue weighted by Crippen LogP contribution is -2.48. The Morgan fingerprint density at radius 1 is 1.00 bits per heavy atom. The smallest absolute Gasteiger partial charge is 0.242 e. The minimum Gasteiger partial charge on any atom is -0.497 e. The van der Waals surface area contributed by atoms with Gasteiger partial charge in [-0.3, -0.25) is 9.59 Å². The number of hydrogen-bond donors (Lipinski definition) is 1. The van der Waals surface area contributed by atoms with E-state index in [-0.39, 0.29) is 18.2 Å². The first-order valence-electron chi connectivity index (χ1n) is 9.74. The summed E-state index contributed by atoms with van der Waals surface area (Å²) in [6.45, 7) is 6.74. The Morgan fingerprint density at radius 2 is 1.59 bits per heavy atom. The van der Waals surface area contributed by atoms with Gasteiger partial charge in [0.1, 0.15) is 11.8 Å². The van der Waals surface area contributed by atoms with Gasteiger partial charge in [0.2, 0.25) is 11.8 Å². The molecule has 0 spiro atoms. The normalized spacial score (nSPS) is 11.8. The molecule has 0 aromatic heterocycles. The summed E-state index contributed by atoms with van der Waals surface area (Å²) in [5, 5.41) is 3.55. The monoisotopic (exact) mass is 416 g/mol. The predicted octanol–water partition coefficient (Wildman–Crippen LogP) is 4.08. The van der Waals surface area contributed by atoms with E-state index in [9.17, 15) is 9.59 Å². The molecule has 0 saturated carbocycles. The number of nitrogens with zero attached hydrogens (tertiary/aromatic N) is 1. The summed E-state index contributed by atoms with van der Waals surface area (Å²) in [7, 11) is 1.60. The molecule has 0 saturated heterocycles. The van der Waals surface area contributed by atoms with Gasteiger partial charge in [-0.15, -0.1) is 0 Å². The van der Waals surface area contributed by atoms with E-state index in [0.29, 0.717) is 24.0 Å². The van der Waals surface area contributed by atoms with E-state index < -0.39 is 6.04 Å². The van der Waals surface area contributed by atoms with Crippen molar-refractivity contribution in [3.05, 3.63) is 64.7 Å². The van der Waals surface area contributed by atoms with Crippen LogP contribution >= 0.6 is 11.6 Å². The Morgan fingerprint density at radius 3 is 2.14 bits per heavy atom. The van der Waals surface area contributed by atoms with Crippen LogP contribution in [0.1, 0.15) is 31.9 Å². The SMILES string of the molecule is COc1ccc(CC(=O)N(Cc2ccc(Cl)cc2)[C@H](C)C(=O)NCC(C)C)cc1. The number of rotatable bonds is 9. The van der Waals surface area contributed by atoms with Gasteiger partial charge in [-0.1, -0.05) is 49.7 Å². The predicted molar refractivity (Wildman–Crippen MR) is 116 cm³/mol. The van der Waals surface area contributed by atoms with Gasteiger partial charge < -0.3 is 15.0 Å². The molecule has 1 N–H and O–H groups in total. The molecule has 2 rings (SSSR count). The minimum atomic E-state index is -0.588. The molecule has 0 unspecified atom stereocenters. The van der Waals surface area contributed by atoms with E-state index in [1.54, 1.807) is 31.1 Å². The maximum absolute atomic E-state index is 13.1. The van der Waals surface area contributed by atoms with Gasteiger partial charge >= 0.3 is 0 Å². The van der Waals surface area contributed by atoms with Crippen molar-refractivity contribution in [1.82, 2.24) is 10.2 Å². The van der Waals surface area contributed by atoms with Crippen LogP contribution < -0.4 is 10.1 Å². The number of hydrogen-bond acceptors (Lipinski definition) is 3. The zero-order chi connectivity index (χ0) is 21.4. The lowest BCUT2D eigenvalue weighted by Gasteiger charge is -2.29. The number of nitrogens with one attached hydrogen (secondary N) is 1. The number of benzene rings is 2. The zero-order valence-corrected chi connectivity index (χ0v) is 18.2. The minimum absolute atomic E-state index is 0.114. The fourth-order valence-electron chi connectivity index (χ4n) is 2.84. The average molecular weight is 417 g/mol. The first-order chi connectivity index (χ1) is 13.8. The molecule has 2 amide bonds. The number of methoxy groups -OCH3 is 1. The van der Waals surface area contributed by atoms with Gasteiger partial charge in [0, 0.05) is 18.1 Å². The Hall–Kier alpha value is -2.53. The molecule has 29 heavy (non-hydrogen) atoms. The van der Waals surface area contributed by atoms with Crippen LogP contribution in [-0.2, 0) is 22.6 Å². The molecule has 1 atom stereocenters. The van der Waals surface area contributed by atoms with Crippen molar-refractivity contribution in [2.24, 2.45) is 5.92 Å². The van der Waals surface area contributed by atoms with Crippen LogP contribution in [0.2, 0.25) is 5.02 Å². The highest BCUT2D eigenvalue weighted by molar-refractivity contribution is 6.30. The van der Waals surface area contributed by atoms with Gasteiger partial charge in [-0.05, 0) is 48.2 Å². The largest absolute Gasteiger partial charge is 0.497 e. The van der Waals surface area contributed by atoms with Crippen molar-refractivity contribution in [3.63, 3.8) is 0 Å². The number of carbonyl (C=O) groups excluding carboxylic acids is 2. The van der Waals surface area contributed by atoms with Gasteiger partial charge in [0.25, 0.3) is 0 Å². The molecule has 0 aliphatic rings. The maximum atomic E-state index is 13.1. The highest BCUT2D eigenvalue weighted by Gasteiger charge is 2.26. The fourth-order valence-corrected chi connectivity index (χ4v) is 2.97. The Labute approximate surface area is 178 Å². The third-order valence-electron chi connectivity index (χ3n) is 4.63. The van der Waals surface area contributed by atoms with E-state index in [4.69, 9.17) is 16.3 Å². The van der Waals surface area contributed by atoms with Crippen LogP contribution in [0, 0.1) is 5.92 Å². The zero-order valence-electron chi connectivity index (χ0n) is 17.4. The average Bonchev–Trinajstić information content (AvgIpc) is 2.71. The van der Waals surface area contributed by atoms with Crippen LogP contribution in [0.15, 0.2) is 48.5 Å². The van der Waals surface area contributed by atoms with Crippen LogP contribution in [0.5, 0.6) is 5.75 Å². The highest BCUT2D eigenvalue weighted by atomic mass is 35.5. The van der Waals surface area contributed by atoms with Crippen LogP contribution in [0.4, 0.5) is 0 Å². The lowest BCUT2D eigenvalue weighted by atomic mass is 10.1. The molecule has 0 bridgehead atoms. The second-order valence-corrected chi connectivity index (χ2v) is 7.92. The molecule has 0 radical (unpaired) electrons. The van der Waals surface area contributed by atoms with Gasteiger partial charge in [-0.2, -0.15) is 0 Å². The summed E-state index contributed by atoms with van der Waals surface area (Å²) in [5.41, 5.74) is 1.78. The van der Waals surface area contributed by atoms with Crippen LogP contribution in [0.25, 0.3) is 0 Å². The van der Waals surface area contributed by atoms with Gasteiger partial charge in [-0.25, -0.2) is 0 Å². The molecule has 0 fully saturated rings. The Balaban J connectivity index is 2.18. The molecule has 156 valence electrons. The molecular formula is C23H29ClN2O3. The summed E-state index contributed by atoms with van der Waals surface area (Å²) in [6, 6.07) is 14.1. The third kappa shape index (κ3) is 7.09. The third-order valence-corrected chi connectivity index (χ3v) is 4.88. The number of ether oxygens (including phenoxy) is 1. The van der Waals surface area contributed by atoms with Gasteiger partial charge in [0.15, 0.2) is 0 Å². The van der Waals surface area contributed by atoms with Crippen molar-refractivity contribution in [3.8, 4) is 5.75 Å². The summed E-state index contributed by atoms with van der Waals surface area (Å²) < 4.78 is 5.17. The number of amides is 2. The quantitative estimate of drug-likeness (QED) is 0.670. The maximum Gasteiger partial charge on any atom is 0.242 e. The molecule has 0 heterocycles. The highest BCUT2D eigenvalue weighted by Crippen LogP contribution is 2.17. The van der Waals surface area contributed by atoms with Crippen LogP contribution in [0.3, 0.4) is 0 Å². The van der Waals surface area contributed by atoms with E-state index in [1.165, 1.54) is 0 Å². The lowest BCUT2D eigenvalue weighted by molar-refractivity contribution is -0.140. The molecule has 0 aliphatic heterocycles. The van der Waals surface area contributed by atoms with Crippen molar-refractivity contribution < 1.29 is 14.3 Å². The summed E-state index contributed by atoms with van der Waals surface area (Å²) in [6.07, 6.45) is 0.208. The standard InChI is InChI=1S/C23H29ClN2O3/c1-16(2)14-25-23(28)17(3)26(15-19-5-9-20(24)10-6-19)22(27)13-18-7-11-21(29-4)12-8-18/h5-12,16-17H,13-15H2,1-4H3,(H,25,28)/t17-/m1/s1. The number of halogens is 1. The van der Waals surface area contributed by atoms with E-state index >= 15 is 0 Å². The van der Waals surface area contributed by atoms with E-state index in [0.717, 1.165) is 16.9 Å². The number of carbonyl (C=O) groups is 2. The van der Waals surface area contributed by atoms with Crippen molar-refractivity contribution >= 4 is 23.4 Å². The second-order valence-electron chi connectivity index (χ2n) is 7.49. The summed E-state index contributed by atoms with van der Waals surface area (Å²) >= 11 is 5.97.